The quantitative estimate of drug-likeness (QED) is 0.620. The van der Waals surface area contributed by atoms with Gasteiger partial charge < -0.3 is 10.1 Å². The highest BCUT2D eigenvalue weighted by Gasteiger charge is 2.12. The SMILES string of the molecule is Cc1cnn(CCC(=O)NCCOC2CCCCCC2)c1. The Morgan fingerprint density at radius 3 is 2.81 bits per heavy atom. The van der Waals surface area contributed by atoms with Crippen molar-refractivity contribution in [2.75, 3.05) is 13.2 Å². The number of nitrogens with one attached hydrogen (secondary N) is 1. The molecule has 5 heteroatoms. The first kappa shape index (κ1) is 16.0. The molecule has 1 aromatic heterocycles. The van der Waals surface area contributed by atoms with Crippen LogP contribution in [0, 0.1) is 6.92 Å². The summed E-state index contributed by atoms with van der Waals surface area (Å²) in [5, 5.41) is 7.08. The first-order chi connectivity index (χ1) is 10.2. The largest absolute Gasteiger partial charge is 0.376 e. The van der Waals surface area contributed by atoms with Crippen molar-refractivity contribution in [3.05, 3.63) is 18.0 Å². The summed E-state index contributed by atoms with van der Waals surface area (Å²) in [6, 6.07) is 0. The highest BCUT2D eigenvalue weighted by Crippen LogP contribution is 2.19. The number of rotatable bonds is 7. The van der Waals surface area contributed by atoms with Gasteiger partial charge in [-0.1, -0.05) is 25.7 Å². The summed E-state index contributed by atoms with van der Waals surface area (Å²) >= 11 is 0. The maximum atomic E-state index is 11.7. The highest BCUT2D eigenvalue weighted by molar-refractivity contribution is 5.75. The molecule has 1 N–H and O–H groups in total. The molecule has 0 bridgehead atoms. The Kier molecular flexibility index (Phi) is 6.73. The number of carbonyl (C=O) groups is 1. The predicted octanol–water partition coefficient (Wildman–Crippen LogP) is 2.44. The zero-order valence-corrected chi connectivity index (χ0v) is 13.0. The minimum atomic E-state index is 0.0626. The van der Waals surface area contributed by atoms with E-state index in [0.29, 0.717) is 32.2 Å². The lowest BCUT2D eigenvalue weighted by molar-refractivity contribution is -0.121. The number of carbonyl (C=O) groups excluding carboxylic acids is 1. The zero-order chi connectivity index (χ0) is 14.9. The van der Waals surface area contributed by atoms with Crippen molar-refractivity contribution in [2.45, 2.75) is 64.5 Å². The van der Waals surface area contributed by atoms with Gasteiger partial charge in [-0.25, -0.2) is 0 Å². The van der Waals surface area contributed by atoms with E-state index in [1.165, 1.54) is 38.5 Å². The molecule has 0 saturated heterocycles. The molecule has 0 unspecified atom stereocenters. The summed E-state index contributed by atoms with van der Waals surface area (Å²) in [7, 11) is 0. The van der Waals surface area contributed by atoms with Crippen LogP contribution in [0.15, 0.2) is 12.4 Å². The van der Waals surface area contributed by atoms with Gasteiger partial charge in [0.1, 0.15) is 0 Å². The van der Waals surface area contributed by atoms with Gasteiger partial charge in [-0.3, -0.25) is 9.48 Å². The molecule has 1 saturated carbocycles. The molecule has 0 aromatic carbocycles. The maximum Gasteiger partial charge on any atom is 0.221 e. The lowest BCUT2D eigenvalue weighted by atomic mass is 10.1. The predicted molar refractivity (Wildman–Crippen MR) is 82.0 cm³/mol. The number of amides is 1. The van der Waals surface area contributed by atoms with Crippen LogP contribution in [0.5, 0.6) is 0 Å². The van der Waals surface area contributed by atoms with Crippen molar-refractivity contribution in [3.63, 3.8) is 0 Å². The third-order valence-corrected chi connectivity index (χ3v) is 3.91. The van der Waals surface area contributed by atoms with Crippen molar-refractivity contribution in [2.24, 2.45) is 0 Å². The molecule has 1 aliphatic carbocycles. The van der Waals surface area contributed by atoms with E-state index in [0.717, 1.165) is 5.56 Å². The van der Waals surface area contributed by atoms with Gasteiger partial charge in [0.15, 0.2) is 0 Å². The minimum Gasteiger partial charge on any atom is -0.376 e. The Hall–Kier alpha value is -1.36. The first-order valence-corrected chi connectivity index (χ1v) is 8.11. The molecule has 0 aliphatic heterocycles. The molecule has 0 spiro atoms. The number of ether oxygens (including phenoxy) is 1. The van der Waals surface area contributed by atoms with E-state index >= 15 is 0 Å². The fraction of sp³-hybridized carbons (Fsp3) is 0.750. The average molecular weight is 293 g/mol. The van der Waals surface area contributed by atoms with Crippen molar-refractivity contribution in [1.82, 2.24) is 15.1 Å². The lowest BCUT2D eigenvalue weighted by Gasteiger charge is -2.15. The van der Waals surface area contributed by atoms with Crippen LogP contribution in [0.4, 0.5) is 0 Å². The molecular weight excluding hydrogens is 266 g/mol. The Morgan fingerprint density at radius 2 is 2.14 bits per heavy atom. The van der Waals surface area contributed by atoms with Gasteiger partial charge in [0.05, 0.1) is 18.9 Å². The monoisotopic (exact) mass is 293 g/mol. The Bertz CT molecular complexity index is 423. The summed E-state index contributed by atoms with van der Waals surface area (Å²) in [5.74, 6) is 0.0626. The van der Waals surface area contributed by atoms with Crippen molar-refractivity contribution in [3.8, 4) is 0 Å². The average Bonchev–Trinajstić information content (AvgIpc) is 2.73. The van der Waals surface area contributed by atoms with Crippen LogP contribution in [-0.4, -0.2) is 34.9 Å². The second-order valence-electron chi connectivity index (χ2n) is 5.87. The second-order valence-corrected chi connectivity index (χ2v) is 5.87. The fourth-order valence-electron chi connectivity index (χ4n) is 2.72. The zero-order valence-electron chi connectivity index (χ0n) is 13.0. The Balaban J connectivity index is 1.52. The lowest BCUT2D eigenvalue weighted by Crippen LogP contribution is -2.29. The molecule has 5 nitrogen and oxygen atoms in total. The summed E-state index contributed by atoms with van der Waals surface area (Å²) < 4.78 is 7.65. The van der Waals surface area contributed by atoms with Gasteiger partial charge in [0, 0.05) is 25.7 Å². The van der Waals surface area contributed by atoms with Gasteiger partial charge in [-0.2, -0.15) is 5.10 Å². The van der Waals surface area contributed by atoms with Crippen LogP contribution in [-0.2, 0) is 16.1 Å². The summed E-state index contributed by atoms with van der Waals surface area (Å²) in [6.07, 6.45) is 12.2. The highest BCUT2D eigenvalue weighted by atomic mass is 16.5. The number of hydrogen-bond donors (Lipinski definition) is 1. The van der Waals surface area contributed by atoms with Gasteiger partial charge in [0.2, 0.25) is 5.91 Å². The van der Waals surface area contributed by atoms with Gasteiger partial charge >= 0.3 is 0 Å². The van der Waals surface area contributed by atoms with E-state index in [4.69, 9.17) is 4.74 Å². The Morgan fingerprint density at radius 1 is 1.38 bits per heavy atom. The molecule has 0 radical (unpaired) electrons. The normalized spacial score (nSPS) is 16.6. The van der Waals surface area contributed by atoms with Crippen LogP contribution in [0.25, 0.3) is 0 Å². The van der Waals surface area contributed by atoms with Crippen molar-refractivity contribution >= 4 is 5.91 Å². The molecule has 21 heavy (non-hydrogen) atoms. The molecule has 1 aromatic rings. The molecule has 118 valence electrons. The first-order valence-electron chi connectivity index (χ1n) is 8.11. The number of nitrogens with zero attached hydrogens (tertiary/aromatic N) is 2. The van der Waals surface area contributed by atoms with E-state index < -0.39 is 0 Å². The van der Waals surface area contributed by atoms with Crippen LogP contribution < -0.4 is 5.32 Å². The number of hydrogen-bond acceptors (Lipinski definition) is 3. The van der Waals surface area contributed by atoms with Gasteiger partial charge in [-0.05, 0) is 25.3 Å². The maximum absolute atomic E-state index is 11.7. The summed E-state index contributed by atoms with van der Waals surface area (Å²) in [5.41, 5.74) is 1.12. The van der Waals surface area contributed by atoms with E-state index in [2.05, 4.69) is 10.4 Å². The van der Waals surface area contributed by atoms with Crippen molar-refractivity contribution < 1.29 is 9.53 Å². The molecule has 2 rings (SSSR count). The van der Waals surface area contributed by atoms with E-state index in [9.17, 15) is 4.79 Å². The molecule has 0 atom stereocenters. The molecule has 1 amide bonds. The van der Waals surface area contributed by atoms with Gasteiger partial charge in [-0.15, -0.1) is 0 Å². The van der Waals surface area contributed by atoms with E-state index in [-0.39, 0.29) is 5.91 Å². The Labute approximate surface area is 127 Å². The van der Waals surface area contributed by atoms with Crippen molar-refractivity contribution in [1.29, 1.82) is 0 Å². The summed E-state index contributed by atoms with van der Waals surface area (Å²) in [4.78, 5) is 11.7. The standard InChI is InChI=1S/C16H27N3O2/c1-14-12-18-19(13-14)10-8-16(20)17-9-11-21-15-6-4-2-3-5-7-15/h12-13,15H,2-11H2,1H3,(H,17,20). The molecule has 1 fully saturated rings. The number of aromatic nitrogens is 2. The minimum absolute atomic E-state index is 0.0626. The topological polar surface area (TPSA) is 56.2 Å². The van der Waals surface area contributed by atoms with Crippen LogP contribution in [0.3, 0.4) is 0 Å². The molecule has 1 aliphatic rings. The number of aryl methyl sites for hydroxylation is 2. The third kappa shape index (κ3) is 6.29. The smallest absolute Gasteiger partial charge is 0.221 e. The van der Waals surface area contributed by atoms with E-state index in [1.807, 2.05) is 13.1 Å². The summed E-state index contributed by atoms with van der Waals surface area (Å²) in [6.45, 7) is 3.85. The van der Waals surface area contributed by atoms with Crippen LogP contribution >= 0.6 is 0 Å². The fourth-order valence-corrected chi connectivity index (χ4v) is 2.72. The third-order valence-electron chi connectivity index (χ3n) is 3.91. The van der Waals surface area contributed by atoms with Crippen LogP contribution in [0.2, 0.25) is 0 Å². The van der Waals surface area contributed by atoms with Crippen LogP contribution in [0.1, 0.15) is 50.5 Å². The van der Waals surface area contributed by atoms with E-state index in [1.54, 1.807) is 10.9 Å². The van der Waals surface area contributed by atoms with Gasteiger partial charge in [0.25, 0.3) is 0 Å². The second kappa shape index (κ2) is 8.82. The molecular formula is C16H27N3O2. The molecule has 1 heterocycles.